The van der Waals surface area contributed by atoms with Gasteiger partial charge in [-0.1, -0.05) is 29.3 Å². The van der Waals surface area contributed by atoms with Crippen molar-refractivity contribution in [3.8, 4) is 5.75 Å². The van der Waals surface area contributed by atoms with Crippen molar-refractivity contribution in [2.75, 3.05) is 5.32 Å². The summed E-state index contributed by atoms with van der Waals surface area (Å²) in [6, 6.07) is 8.07. The van der Waals surface area contributed by atoms with E-state index in [1.54, 1.807) is 0 Å². The lowest BCUT2D eigenvalue weighted by Crippen LogP contribution is -2.14. The van der Waals surface area contributed by atoms with E-state index in [1.165, 1.54) is 30.3 Å². The molecule has 0 saturated heterocycles. The van der Waals surface area contributed by atoms with E-state index in [9.17, 15) is 14.3 Å². The van der Waals surface area contributed by atoms with Crippen molar-refractivity contribution in [2.24, 2.45) is 0 Å². The maximum atomic E-state index is 13.5. The highest BCUT2D eigenvalue weighted by atomic mass is 35.5. The van der Waals surface area contributed by atoms with Crippen molar-refractivity contribution in [1.82, 2.24) is 0 Å². The van der Waals surface area contributed by atoms with Crippen molar-refractivity contribution >= 4 is 34.8 Å². The number of phenols is 1. The van der Waals surface area contributed by atoms with Crippen LogP contribution in [0.5, 0.6) is 5.75 Å². The molecule has 1 amide bonds. The normalized spacial score (nSPS) is 10.3. The zero-order valence-electron chi connectivity index (χ0n) is 9.45. The monoisotopic (exact) mass is 299 g/mol. The van der Waals surface area contributed by atoms with Gasteiger partial charge >= 0.3 is 0 Å². The summed E-state index contributed by atoms with van der Waals surface area (Å²) in [5.41, 5.74) is -0.160. The Morgan fingerprint density at radius 2 is 1.95 bits per heavy atom. The fourth-order valence-corrected chi connectivity index (χ4v) is 1.97. The molecule has 98 valence electrons. The first-order valence-electron chi connectivity index (χ1n) is 5.23. The average molecular weight is 300 g/mol. The summed E-state index contributed by atoms with van der Waals surface area (Å²) in [6.07, 6.45) is 0. The molecule has 0 atom stereocenters. The molecule has 2 aromatic rings. The molecule has 3 nitrogen and oxygen atoms in total. The lowest BCUT2D eigenvalue weighted by atomic mass is 10.1. The van der Waals surface area contributed by atoms with Crippen LogP contribution in [0.4, 0.5) is 10.1 Å². The van der Waals surface area contributed by atoms with Gasteiger partial charge in [-0.2, -0.15) is 0 Å². The van der Waals surface area contributed by atoms with E-state index in [-0.39, 0.29) is 10.7 Å². The summed E-state index contributed by atoms with van der Waals surface area (Å²) in [4.78, 5) is 11.9. The van der Waals surface area contributed by atoms with Crippen LogP contribution in [0, 0.1) is 5.82 Å². The third-order valence-electron chi connectivity index (χ3n) is 2.40. The summed E-state index contributed by atoms with van der Waals surface area (Å²) >= 11 is 11.6. The number of hydrogen-bond donors (Lipinski definition) is 2. The lowest BCUT2D eigenvalue weighted by Gasteiger charge is -2.09. The number of phenolic OH excluding ortho intramolecular Hbond substituents is 1. The molecule has 0 radical (unpaired) electrons. The van der Waals surface area contributed by atoms with Gasteiger partial charge in [0.25, 0.3) is 5.91 Å². The number of carbonyl (C=O) groups is 1. The highest BCUT2D eigenvalue weighted by molar-refractivity contribution is 6.36. The fraction of sp³-hybridized carbons (Fsp3) is 0. The molecule has 2 aromatic carbocycles. The van der Waals surface area contributed by atoms with Gasteiger partial charge in [-0.25, -0.2) is 4.39 Å². The van der Waals surface area contributed by atoms with Crippen molar-refractivity contribution in [3.63, 3.8) is 0 Å². The minimum absolute atomic E-state index is 0.219. The Morgan fingerprint density at radius 3 is 2.58 bits per heavy atom. The second kappa shape index (κ2) is 5.47. The number of carbonyl (C=O) groups excluding carboxylic acids is 1. The molecule has 0 aliphatic rings. The second-order valence-electron chi connectivity index (χ2n) is 3.71. The molecular formula is C13H8Cl2FNO2. The maximum absolute atomic E-state index is 13.5. The van der Waals surface area contributed by atoms with Gasteiger partial charge in [0.15, 0.2) is 0 Å². The van der Waals surface area contributed by atoms with E-state index in [2.05, 4.69) is 5.32 Å². The van der Waals surface area contributed by atoms with E-state index >= 15 is 0 Å². The zero-order valence-corrected chi connectivity index (χ0v) is 11.0. The zero-order chi connectivity index (χ0) is 14.0. The highest BCUT2D eigenvalue weighted by Gasteiger charge is 2.17. The molecular weight excluding hydrogens is 292 g/mol. The van der Waals surface area contributed by atoms with Crippen LogP contribution in [0.2, 0.25) is 10.0 Å². The topological polar surface area (TPSA) is 49.3 Å². The molecule has 0 aliphatic heterocycles. The Kier molecular flexibility index (Phi) is 3.93. The molecule has 6 heteroatoms. The Balaban J connectivity index is 2.31. The third kappa shape index (κ3) is 2.97. The van der Waals surface area contributed by atoms with E-state index in [1.807, 2.05) is 0 Å². The maximum Gasteiger partial charge on any atom is 0.262 e. The first-order chi connectivity index (χ1) is 8.99. The summed E-state index contributed by atoms with van der Waals surface area (Å²) in [7, 11) is 0. The number of halogens is 3. The van der Waals surface area contributed by atoms with E-state index in [4.69, 9.17) is 23.2 Å². The molecule has 19 heavy (non-hydrogen) atoms. The summed E-state index contributed by atoms with van der Waals surface area (Å²) in [5, 5.41) is 12.5. The number of rotatable bonds is 2. The van der Waals surface area contributed by atoms with Crippen LogP contribution in [0.15, 0.2) is 36.4 Å². The number of amides is 1. The lowest BCUT2D eigenvalue weighted by molar-refractivity contribution is 0.102. The Labute approximate surface area is 118 Å². The number of benzene rings is 2. The summed E-state index contributed by atoms with van der Waals surface area (Å²) < 4.78 is 13.5. The number of anilines is 1. The van der Waals surface area contributed by atoms with Gasteiger partial charge in [0.05, 0.1) is 10.7 Å². The molecule has 2 N–H and O–H groups in total. The summed E-state index contributed by atoms with van der Waals surface area (Å²) in [5.74, 6) is -2.05. The first-order valence-corrected chi connectivity index (χ1v) is 5.98. The SMILES string of the molecule is O=C(Nc1ccc(Cl)cc1Cl)c1c(O)cccc1F. The molecule has 2 rings (SSSR count). The average Bonchev–Trinajstić information content (AvgIpc) is 2.32. The van der Waals surface area contributed by atoms with Crippen LogP contribution < -0.4 is 5.32 Å². The van der Waals surface area contributed by atoms with Gasteiger partial charge in [-0.3, -0.25) is 4.79 Å². The van der Waals surface area contributed by atoms with Gasteiger partial charge in [0.2, 0.25) is 0 Å². The minimum atomic E-state index is -0.817. The standard InChI is InChI=1S/C13H8Cl2FNO2/c14-7-4-5-10(8(15)6-7)17-13(19)12-9(16)2-1-3-11(12)18/h1-6,18H,(H,17,19). The Bertz CT molecular complexity index is 626. The predicted molar refractivity (Wildman–Crippen MR) is 72.5 cm³/mol. The molecule has 0 aliphatic carbocycles. The molecule has 0 unspecified atom stereocenters. The quantitative estimate of drug-likeness (QED) is 0.877. The van der Waals surface area contributed by atoms with E-state index in [0.717, 1.165) is 6.07 Å². The van der Waals surface area contributed by atoms with Crippen LogP contribution in [-0.2, 0) is 0 Å². The number of hydrogen-bond acceptors (Lipinski definition) is 2. The smallest absolute Gasteiger partial charge is 0.262 e. The van der Waals surface area contributed by atoms with Gasteiger partial charge in [-0.05, 0) is 30.3 Å². The highest BCUT2D eigenvalue weighted by Crippen LogP contribution is 2.27. The van der Waals surface area contributed by atoms with E-state index < -0.39 is 23.0 Å². The van der Waals surface area contributed by atoms with Crippen molar-refractivity contribution < 1.29 is 14.3 Å². The first kappa shape index (κ1) is 13.6. The van der Waals surface area contributed by atoms with Gasteiger partial charge in [0.1, 0.15) is 17.1 Å². The van der Waals surface area contributed by atoms with Crippen LogP contribution in [0.1, 0.15) is 10.4 Å². The third-order valence-corrected chi connectivity index (χ3v) is 2.95. The Morgan fingerprint density at radius 1 is 1.21 bits per heavy atom. The molecule has 0 heterocycles. The van der Waals surface area contributed by atoms with Crippen LogP contribution in [0.25, 0.3) is 0 Å². The fourth-order valence-electron chi connectivity index (χ4n) is 1.51. The van der Waals surface area contributed by atoms with Crippen LogP contribution in [-0.4, -0.2) is 11.0 Å². The van der Waals surface area contributed by atoms with Crippen molar-refractivity contribution in [1.29, 1.82) is 0 Å². The van der Waals surface area contributed by atoms with Gasteiger partial charge in [0, 0.05) is 5.02 Å². The Hall–Kier alpha value is -1.78. The molecule has 0 spiro atoms. The second-order valence-corrected chi connectivity index (χ2v) is 4.56. The number of aromatic hydroxyl groups is 1. The predicted octanol–water partition coefficient (Wildman–Crippen LogP) is 4.09. The molecule has 0 saturated carbocycles. The largest absolute Gasteiger partial charge is 0.507 e. The molecule has 0 bridgehead atoms. The number of nitrogens with one attached hydrogen (secondary N) is 1. The van der Waals surface area contributed by atoms with Gasteiger partial charge in [-0.15, -0.1) is 0 Å². The van der Waals surface area contributed by atoms with Crippen molar-refractivity contribution in [2.45, 2.75) is 0 Å². The van der Waals surface area contributed by atoms with Gasteiger partial charge < -0.3 is 10.4 Å². The molecule has 0 aromatic heterocycles. The summed E-state index contributed by atoms with van der Waals surface area (Å²) in [6.45, 7) is 0. The van der Waals surface area contributed by atoms with Crippen LogP contribution >= 0.6 is 23.2 Å². The van der Waals surface area contributed by atoms with Crippen molar-refractivity contribution in [3.05, 3.63) is 57.8 Å². The minimum Gasteiger partial charge on any atom is -0.507 e. The van der Waals surface area contributed by atoms with E-state index in [0.29, 0.717) is 5.02 Å². The van der Waals surface area contributed by atoms with Crippen LogP contribution in [0.3, 0.4) is 0 Å². The molecule has 0 fully saturated rings.